The quantitative estimate of drug-likeness (QED) is 0.118. The molecule has 0 aromatic heterocycles. The van der Waals surface area contributed by atoms with Crippen LogP contribution in [0.2, 0.25) is 0 Å². The lowest BCUT2D eigenvalue weighted by Crippen LogP contribution is -2.21. The Morgan fingerprint density at radius 2 is 1.00 bits per heavy atom. The molecule has 0 spiro atoms. The van der Waals surface area contributed by atoms with E-state index >= 15 is 0 Å². The maximum Gasteiger partial charge on any atom is -0.00202 e. The van der Waals surface area contributed by atoms with Gasteiger partial charge in [0.25, 0.3) is 0 Å². The third-order valence-electron chi connectivity index (χ3n) is 8.89. The molecule has 8 aromatic rings. The minimum Gasteiger partial charge on any atom is -0.0650 e. The van der Waals surface area contributed by atoms with Crippen LogP contribution in [-0.2, 0) is 0 Å². The summed E-state index contributed by atoms with van der Waals surface area (Å²) in [7, 11) is -1.12. The SMILES string of the molecule is CCCP(c1ccccc1)c1cccc(-c2ccc(P(c3ccccc3)c3ccc4ccc5cccc6ccc3c4c56)cc2)c1. The lowest BCUT2D eigenvalue weighted by molar-refractivity contribution is 1.10. The molecule has 2 heteroatoms. The highest BCUT2D eigenvalue weighted by Gasteiger charge is 2.21. The van der Waals surface area contributed by atoms with Crippen molar-refractivity contribution in [2.24, 2.45) is 0 Å². The van der Waals surface area contributed by atoms with Gasteiger partial charge in [-0.1, -0.05) is 171 Å². The summed E-state index contributed by atoms with van der Waals surface area (Å²) in [6.07, 6.45) is 2.40. The number of rotatable bonds is 8. The number of hydrogen-bond donors (Lipinski definition) is 0. The maximum atomic E-state index is 2.43. The second kappa shape index (κ2) is 12.2. The summed E-state index contributed by atoms with van der Waals surface area (Å²) < 4.78 is 0. The van der Waals surface area contributed by atoms with Gasteiger partial charge in [0.1, 0.15) is 0 Å². The molecule has 0 heterocycles. The van der Waals surface area contributed by atoms with Crippen LogP contribution in [0.3, 0.4) is 0 Å². The molecule has 8 rings (SSSR count). The van der Waals surface area contributed by atoms with E-state index in [1.807, 2.05) is 0 Å². The summed E-state index contributed by atoms with van der Waals surface area (Å²) in [6, 6.07) is 61.5. The lowest BCUT2D eigenvalue weighted by Gasteiger charge is -2.23. The first-order chi connectivity index (χ1) is 22.3. The first kappa shape index (κ1) is 28.2. The Hall–Kier alpha value is -4.34. The van der Waals surface area contributed by atoms with Gasteiger partial charge in [0.15, 0.2) is 0 Å². The Morgan fingerprint density at radius 3 is 1.71 bits per heavy atom. The van der Waals surface area contributed by atoms with Crippen molar-refractivity contribution in [3.63, 3.8) is 0 Å². The van der Waals surface area contributed by atoms with Crippen LogP contribution in [0, 0.1) is 0 Å². The number of benzene rings is 8. The van der Waals surface area contributed by atoms with Gasteiger partial charge >= 0.3 is 0 Å². The molecular formula is C43H34P2. The molecule has 0 nitrogen and oxygen atoms in total. The van der Waals surface area contributed by atoms with Crippen LogP contribution in [0.4, 0.5) is 0 Å². The van der Waals surface area contributed by atoms with Crippen molar-refractivity contribution in [2.45, 2.75) is 13.3 Å². The van der Waals surface area contributed by atoms with Crippen molar-refractivity contribution in [1.82, 2.24) is 0 Å². The van der Waals surface area contributed by atoms with E-state index < -0.39 is 7.92 Å². The van der Waals surface area contributed by atoms with Gasteiger partial charge in [0.2, 0.25) is 0 Å². The molecule has 0 aliphatic heterocycles. The summed E-state index contributed by atoms with van der Waals surface area (Å²) >= 11 is 0. The van der Waals surface area contributed by atoms with Crippen molar-refractivity contribution < 1.29 is 0 Å². The second-order valence-electron chi connectivity index (χ2n) is 11.7. The van der Waals surface area contributed by atoms with Crippen LogP contribution in [0.5, 0.6) is 0 Å². The Labute approximate surface area is 268 Å². The second-order valence-corrected chi connectivity index (χ2v) is 16.2. The Morgan fingerprint density at radius 1 is 0.422 bits per heavy atom. The molecular weight excluding hydrogens is 578 g/mol. The minimum atomic E-state index is -0.753. The maximum absolute atomic E-state index is 2.43. The fraction of sp³-hybridized carbons (Fsp3) is 0.0698. The monoisotopic (exact) mass is 612 g/mol. The van der Waals surface area contributed by atoms with E-state index in [0.29, 0.717) is 0 Å². The Kier molecular flexibility index (Phi) is 7.64. The first-order valence-corrected chi connectivity index (χ1v) is 18.7. The van der Waals surface area contributed by atoms with Crippen molar-refractivity contribution in [2.75, 3.05) is 6.16 Å². The Balaban J connectivity index is 1.22. The minimum absolute atomic E-state index is 0.367. The van der Waals surface area contributed by atoms with Crippen LogP contribution >= 0.6 is 15.8 Å². The summed E-state index contributed by atoms with van der Waals surface area (Å²) in [4.78, 5) is 0. The zero-order valence-electron chi connectivity index (χ0n) is 25.4. The highest BCUT2D eigenvalue weighted by molar-refractivity contribution is 7.80. The van der Waals surface area contributed by atoms with Gasteiger partial charge in [-0.3, -0.25) is 0 Å². The largest absolute Gasteiger partial charge is 0.0650 e. The molecule has 45 heavy (non-hydrogen) atoms. The zero-order valence-corrected chi connectivity index (χ0v) is 27.2. The van der Waals surface area contributed by atoms with Gasteiger partial charge in [0, 0.05) is 0 Å². The number of hydrogen-bond acceptors (Lipinski definition) is 0. The van der Waals surface area contributed by atoms with E-state index in [1.54, 1.807) is 0 Å². The third-order valence-corrected chi connectivity index (χ3v) is 14.1. The lowest BCUT2D eigenvalue weighted by atomic mass is 9.94. The average molecular weight is 613 g/mol. The normalized spacial score (nSPS) is 13.0. The van der Waals surface area contributed by atoms with E-state index in [0.717, 1.165) is 0 Å². The standard InChI is InChI=1S/C43H34P2/c1-2-29-44(36-14-5-3-6-15-36)39-18-10-13-35(30-39)31-21-25-38(26-22-31)45(37-16-7-4-8-17-37)41-28-24-34-20-19-32-11-9-12-33-23-27-40(41)43(34)42(32)33/h3-28,30H,2,29H2,1H3. The topological polar surface area (TPSA) is 0 Å². The predicted octanol–water partition coefficient (Wildman–Crippen LogP) is 9.85. The van der Waals surface area contributed by atoms with Gasteiger partial charge in [-0.05, 0) is 98.0 Å². The van der Waals surface area contributed by atoms with Gasteiger partial charge in [-0.2, -0.15) is 0 Å². The van der Waals surface area contributed by atoms with Gasteiger partial charge in [-0.15, -0.1) is 0 Å². The molecule has 2 unspecified atom stereocenters. The molecule has 0 amide bonds. The van der Waals surface area contributed by atoms with Crippen LogP contribution in [0.1, 0.15) is 13.3 Å². The first-order valence-electron chi connectivity index (χ1n) is 15.8. The molecule has 8 aromatic carbocycles. The molecule has 2 atom stereocenters. The van der Waals surface area contributed by atoms with E-state index in [1.165, 1.54) is 82.5 Å². The van der Waals surface area contributed by atoms with E-state index in [9.17, 15) is 0 Å². The van der Waals surface area contributed by atoms with E-state index in [-0.39, 0.29) is 7.92 Å². The summed E-state index contributed by atoms with van der Waals surface area (Å²) in [5.41, 5.74) is 2.57. The van der Waals surface area contributed by atoms with Crippen molar-refractivity contribution in [3.05, 3.63) is 164 Å². The van der Waals surface area contributed by atoms with E-state index in [2.05, 4.69) is 171 Å². The van der Waals surface area contributed by atoms with Gasteiger partial charge in [-0.25, -0.2) is 0 Å². The molecule has 0 aliphatic carbocycles. The molecule has 0 radical (unpaired) electrons. The molecule has 0 N–H and O–H groups in total. The zero-order chi connectivity index (χ0) is 30.2. The third kappa shape index (κ3) is 5.23. The molecule has 0 saturated carbocycles. The molecule has 0 bridgehead atoms. The highest BCUT2D eigenvalue weighted by atomic mass is 31.1. The summed E-state index contributed by atoms with van der Waals surface area (Å²) in [5.74, 6) is 0. The van der Waals surface area contributed by atoms with Crippen molar-refractivity contribution >= 4 is 74.7 Å². The smallest absolute Gasteiger partial charge is 0.00202 e. The van der Waals surface area contributed by atoms with Crippen LogP contribution < -0.4 is 26.5 Å². The molecule has 216 valence electrons. The van der Waals surface area contributed by atoms with Crippen molar-refractivity contribution in [1.29, 1.82) is 0 Å². The average Bonchev–Trinajstić information content (AvgIpc) is 3.11. The van der Waals surface area contributed by atoms with Crippen LogP contribution in [0.25, 0.3) is 43.4 Å². The highest BCUT2D eigenvalue weighted by Crippen LogP contribution is 2.41. The molecule has 0 saturated heterocycles. The van der Waals surface area contributed by atoms with Crippen LogP contribution in [-0.4, -0.2) is 6.16 Å². The molecule has 0 aliphatic rings. The fourth-order valence-electron chi connectivity index (χ4n) is 6.81. The fourth-order valence-corrected chi connectivity index (χ4v) is 11.6. The van der Waals surface area contributed by atoms with Crippen molar-refractivity contribution in [3.8, 4) is 11.1 Å². The molecule has 0 fully saturated rings. The summed E-state index contributed by atoms with van der Waals surface area (Å²) in [5, 5.41) is 15.2. The van der Waals surface area contributed by atoms with Gasteiger partial charge in [0.05, 0.1) is 0 Å². The Bertz CT molecular complexity index is 2200. The predicted molar refractivity (Wildman–Crippen MR) is 202 cm³/mol. The summed E-state index contributed by atoms with van der Waals surface area (Å²) in [6.45, 7) is 2.30. The van der Waals surface area contributed by atoms with Gasteiger partial charge < -0.3 is 0 Å². The van der Waals surface area contributed by atoms with Crippen LogP contribution in [0.15, 0.2) is 164 Å². The van der Waals surface area contributed by atoms with E-state index in [4.69, 9.17) is 0 Å².